The van der Waals surface area contributed by atoms with Gasteiger partial charge >= 0.3 is 5.97 Å². The zero-order valence-electron chi connectivity index (χ0n) is 19.8. The molecule has 1 aromatic carbocycles. The summed E-state index contributed by atoms with van der Waals surface area (Å²) in [7, 11) is -2.31. The molecule has 7 heteroatoms. The highest BCUT2D eigenvalue weighted by molar-refractivity contribution is 7.89. The number of carbonyl (C=O) groups is 1. The Morgan fingerprint density at radius 1 is 1.18 bits per heavy atom. The molecule has 1 aliphatic heterocycles. The van der Waals surface area contributed by atoms with E-state index >= 15 is 0 Å². The molecule has 180 valence electrons. The van der Waals surface area contributed by atoms with Crippen LogP contribution in [0.3, 0.4) is 0 Å². The maximum Gasteiger partial charge on any atom is 0.308 e. The van der Waals surface area contributed by atoms with Gasteiger partial charge in [0, 0.05) is 23.9 Å². The predicted molar refractivity (Wildman–Crippen MR) is 127 cm³/mol. The van der Waals surface area contributed by atoms with E-state index in [1.165, 1.54) is 18.2 Å². The normalized spacial score (nSPS) is 34.0. The zero-order valence-corrected chi connectivity index (χ0v) is 20.7. The molecule has 1 saturated heterocycles. The Morgan fingerprint density at radius 3 is 2.55 bits per heavy atom. The fourth-order valence-corrected chi connectivity index (χ4v) is 10.00. The third-order valence-corrected chi connectivity index (χ3v) is 11.8. The van der Waals surface area contributed by atoms with Gasteiger partial charge in [-0.25, -0.2) is 12.7 Å². The molecule has 3 fully saturated rings. The lowest BCUT2D eigenvalue weighted by Crippen LogP contribution is -2.57. The molecule has 2 bridgehead atoms. The van der Waals surface area contributed by atoms with Crippen LogP contribution in [-0.4, -0.2) is 55.4 Å². The summed E-state index contributed by atoms with van der Waals surface area (Å²) in [5.74, 6) is -0.396. The molecule has 0 amide bonds. The average Bonchev–Trinajstić information content (AvgIpc) is 3.29. The fourth-order valence-electron chi connectivity index (χ4n) is 7.67. The Labute approximate surface area is 197 Å². The lowest BCUT2D eigenvalue weighted by atomic mass is 9.63. The molecule has 33 heavy (non-hydrogen) atoms. The number of benzene rings is 1. The maximum atomic E-state index is 13.8. The van der Waals surface area contributed by atoms with Crippen molar-refractivity contribution in [3.63, 3.8) is 0 Å². The van der Waals surface area contributed by atoms with E-state index in [9.17, 15) is 18.3 Å². The van der Waals surface area contributed by atoms with Crippen LogP contribution in [0, 0.1) is 16.7 Å². The number of methoxy groups -OCH3 is 1. The fraction of sp³-hybridized carbons (Fsp3) is 0.654. The molecule has 0 radical (unpaired) electrons. The van der Waals surface area contributed by atoms with Crippen molar-refractivity contribution in [3.8, 4) is 0 Å². The topological polar surface area (TPSA) is 83.9 Å². The molecule has 1 N–H and O–H groups in total. The van der Waals surface area contributed by atoms with Gasteiger partial charge < -0.3 is 9.84 Å². The number of hydrogen-bond donors (Lipinski definition) is 1. The van der Waals surface area contributed by atoms with Crippen molar-refractivity contribution in [2.24, 2.45) is 16.7 Å². The van der Waals surface area contributed by atoms with Gasteiger partial charge in [0.25, 0.3) is 0 Å². The van der Waals surface area contributed by atoms with E-state index in [-0.39, 0.29) is 28.9 Å². The number of aliphatic hydroxyl groups is 1. The summed E-state index contributed by atoms with van der Waals surface area (Å²) < 4.78 is 34.1. The highest BCUT2D eigenvalue weighted by atomic mass is 32.2. The lowest BCUT2D eigenvalue weighted by molar-refractivity contribution is -0.155. The molecule has 1 spiro atoms. The van der Waals surface area contributed by atoms with Crippen molar-refractivity contribution < 1.29 is 23.1 Å². The van der Waals surface area contributed by atoms with Crippen molar-refractivity contribution in [3.05, 3.63) is 41.5 Å². The zero-order chi connectivity index (χ0) is 23.7. The van der Waals surface area contributed by atoms with Crippen LogP contribution in [0.2, 0.25) is 0 Å². The van der Waals surface area contributed by atoms with E-state index in [0.717, 1.165) is 19.3 Å². The summed E-state index contributed by atoms with van der Waals surface area (Å²) in [5, 5.41) is 11.7. The first-order valence-corrected chi connectivity index (χ1v) is 13.7. The number of hydrogen-bond acceptors (Lipinski definition) is 5. The average molecular weight is 474 g/mol. The second kappa shape index (κ2) is 7.40. The van der Waals surface area contributed by atoms with Gasteiger partial charge in [-0.2, -0.15) is 0 Å². The standard InChI is InChI=1S/C26H35NO5S/c1-23(2)20-9-11-25(23,26(29,16-20)17-22(28)32-3)18-33(30,31)27-14-12-24(13-15-27)10-8-19-6-4-5-7-21(19)24/h4-8,10,20,29H,9,11-18H2,1-3H3/t20-,25+,26+/m1/s1. The van der Waals surface area contributed by atoms with E-state index < -0.39 is 27.0 Å². The third-order valence-electron chi connectivity index (χ3n) is 9.83. The number of sulfonamides is 1. The van der Waals surface area contributed by atoms with Crippen LogP contribution < -0.4 is 0 Å². The van der Waals surface area contributed by atoms with Gasteiger partial charge in [0.05, 0.1) is 24.9 Å². The maximum absolute atomic E-state index is 13.8. The van der Waals surface area contributed by atoms with Gasteiger partial charge in [0.1, 0.15) is 0 Å². The molecule has 0 unspecified atom stereocenters. The molecular weight excluding hydrogens is 438 g/mol. The number of allylic oxidation sites excluding steroid dienone is 1. The van der Waals surface area contributed by atoms with E-state index in [2.05, 4.69) is 44.2 Å². The molecular formula is C26H35NO5S. The van der Waals surface area contributed by atoms with Crippen LogP contribution in [0.25, 0.3) is 6.08 Å². The molecule has 2 saturated carbocycles. The highest BCUT2D eigenvalue weighted by Crippen LogP contribution is 2.71. The lowest BCUT2D eigenvalue weighted by Gasteiger charge is -2.48. The number of ether oxygens (including phenoxy) is 1. The summed E-state index contributed by atoms with van der Waals surface area (Å²) in [6.45, 7) is 5.08. The second-order valence-corrected chi connectivity index (χ2v) is 13.2. The van der Waals surface area contributed by atoms with Crippen LogP contribution in [0.4, 0.5) is 0 Å². The van der Waals surface area contributed by atoms with Gasteiger partial charge in [0.2, 0.25) is 10.0 Å². The summed E-state index contributed by atoms with van der Waals surface area (Å²) in [6, 6.07) is 8.36. The SMILES string of the molecule is COC(=O)C[C@@]1(O)C[C@H]2CC[C@]1(CS(=O)(=O)N1CCC3(C=Cc4ccccc43)CC1)C2(C)C. The Morgan fingerprint density at radius 2 is 1.88 bits per heavy atom. The number of fused-ring (bicyclic) bond motifs is 4. The van der Waals surface area contributed by atoms with Crippen molar-refractivity contribution in [2.75, 3.05) is 26.0 Å². The smallest absolute Gasteiger partial charge is 0.308 e. The van der Waals surface area contributed by atoms with Crippen LogP contribution in [0.1, 0.15) is 63.5 Å². The molecule has 1 aromatic rings. The number of esters is 1. The second-order valence-electron chi connectivity index (χ2n) is 11.3. The number of rotatable bonds is 5. The molecule has 4 aliphatic rings. The predicted octanol–water partition coefficient (Wildman–Crippen LogP) is 3.50. The first kappa shape index (κ1) is 23.1. The first-order valence-electron chi connectivity index (χ1n) is 12.0. The van der Waals surface area contributed by atoms with Crippen molar-refractivity contribution >= 4 is 22.1 Å². The number of piperidine rings is 1. The summed E-state index contributed by atoms with van der Waals surface area (Å²) >= 11 is 0. The van der Waals surface area contributed by atoms with Crippen molar-refractivity contribution in [2.45, 2.75) is 63.4 Å². The molecule has 1 heterocycles. The molecule has 5 rings (SSSR count). The summed E-state index contributed by atoms with van der Waals surface area (Å²) in [5.41, 5.74) is -0.144. The molecule has 3 atom stereocenters. The van der Waals surface area contributed by atoms with Gasteiger partial charge in [-0.3, -0.25) is 4.79 Å². The quantitative estimate of drug-likeness (QED) is 0.662. The molecule has 3 aliphatic carbocycles. The van der Waals surface area contributed by atoms with Crippen LogP contribution in [0.15, 0.2) is 30.3 Å². The molecule has 0 aromatic heterocycles. The van der Waals surface area contributed by atoms with Crippen LogP contribution in [-0.2, 0) is 25.0 Å². The number of nitrogens with zero attached hydrogens (tertiary/aromatic N) is 1. The minimum absolute atomic E-state index is 0.0857. The summed E-state index contributed by atoms with van der Waals surface area (Å²) in [6.07, 6.45) is 7.72. The van der Waals surface area contributed by atoms with Crippen LogP contribution >= 0.6 is 0 Å². The van der Waals surface area contributed by atoms with Gasteiger partial charge in [-0.05, 0) is 54.6 Å². The Bertz CT molecular complexity index is 1100. The highest BCUT2D eigenvalue weighted by Gasteiger charge is 2.72. The Balaban J connectivity index is 1.39. The van der Waals surface area contributed by atoms with Crippen LogP contribution in [0.5, 0.6) is 0 Å². The third kappa shape index (κ3) is 3.18. The van der Waals surface area contributed by atoms with Crippen molar-refractivity contribution in [1.82, 2.24) is 4.31 Å². The largest absolute Gasteiger partial charge is 0.469 e. The van der Waals surface area contributed by atoms with Gasteiger partial charge in [-0.15, -0.1) is 0 Å². The monoisotopic (exact) mass is 473 g/mol. The summed E-state index contributed by atoms with van der Waals surface area (Å²) in [4.78, 5) is 12.2. The van der Waals surface area contributed by atoms with E-state index in [1.54, 1.807) is 4.31 Å². The first-order chi connectivity index (χ1) is 15.5. The molecule has 6 nitrogen and oxygen atoms in total. The Hall–Kier alpha value is -1.70. The van der Waals surface area contributed by atoms with E-state index in [0.29, 0.717) is 25.9 Å². The minimum atomic E-state index is -3.62. The van der Waals surface area contributed by atoms with E-state index in [1.807, 2.05) is 6.07 Å². The minimum Gasteiger partial charge on any atom is -0.469 e. The van der Waals surface area contributed by atoms with Crippen molar-refractivity contribution in [1.29, 1.82) is 0 Å². The van der Waals surface area contributed by atoms with E-state index in [4.69, 9.17) is 4.74 Å². The number of carbonyl (C=O) groups excluding carboxylic acids is 1. The van der Waals surface area contributed by atoms with Gasteiger partial charge in [-0.1, -0.05) is 50.3 Å². The van der Waals surface area contributed by atoms with Gasteiger partial charge in [0.15, 0.2) is 0 Å². The Kier molecular flexibility index (Phi) is 5.17.